The first-order valence-electron chi connectivity index (χ1n) is 25.5. The van der Waals surface area contributed by atoms with Crippen LogP contribution in [0.5, 0.6) is 0 Å². The van der Waals surface area contributed by atoms with Crippen LogP contribution in [0, 0.1) is 0 Å². The van der Waals surface area contributed by atoms with Crippen molar-refractivity contribution in [3.8, 4) is 61.3 Å². The first kappa shape index (κ1) is 43.3. The highest BCUT2D eigenvalue weighted by Crippen LogP contribution is 2.54. The number of aromatic nitrogens is 1. The average molecular weight is 923 g/mol. The average Bonchev–Trinajstić information content (AvgIpc) is 4.04. The topological polar surface area (TPSA) is 17.0 Å². The smallest absolute Gasteiger partial charge is 0.0549 e. The zero-order chi connectivity index (χ0) is 48.3. The number of nitrogens with zero attached hydrogens (tertiary/aromatic N) is 1. The SMILES string of the molecule is CCC1c2ccccc2-c2cccc(-c3ccc(Nc4ccc(-c5cc(-n6c7ccccc7c7ccccc76)c6c(c5)C(C)(C)c5ccccc5-6)c5ccccc45)cc3)c21.c1ccc(-c2ccccc2)cc1. The molecule has 0 radical (unpaired) electrons. The van der Waals surface area contributed by atoms with Crippen molar-refractivity contribution < 1.29 is 0 Å². The minimum atomic E-state index is -0.166. The molecule has 0 spiro atoms. The number of hydrogen-bond acceptors (Lipinski definition) is 1. The third kappa shape index (κ3) is 7.09. The Balaban J connectivity index is 0.000000368. The molecule has 2 heteroatoms. The van der Waals surface area contributed by atoms with E-state index in [0.717, 1.165) is 17.8 Å². The molecule has 0 saturated carbocycles. The Hall–Kier alpha value is -8.72. The second-order valence-corrected chi connectivity index (χ2v) is 19.9. The molecule has 0 fully saturated rings. The highest BCUT2D eigenvalue weighted by atomic mass is 15.0. The number of fused-ring (bicyclic) bond motifs is 10. The van der Waals surface area contributed by atoms with E-state index in [4.69, 9.17) is 0 Å². The number of anilines is 2. The van der Waals surface area contributed by atoms with Gasteiger partial charge in [-0.2, -0.15) is 0 Å². The number of nitrogens with one attached hydrogen (secondary N) is 1. The predicted molar refractivity (Wildman–Crippen MR) is 306 cm³/mol. The lowest BCUT2D eigenvalue weighted by Gasteiger charge is -2.24. The molecule has 1 aromatic heterocycles. The molecule has 2 nitrogen and oxygen atoms in total. The van der Waals surface area contributed by atoms with Crippen LogP contribution in [-0.4, -0.2) is 4.57 Å². The fraction of sp³-hybridized carbons (Fsp3) is 0.0857. The van der Waals surface area contributed by atoms with E-state index in [1.807, 2.05) is 12.1 Å². The van der Waals surface area contributed by atoms with Crippen LogP contribution >= 0.6 is 0 Å². The van der Waals surface area contributed by atoms with Gasteiger partial charge in [-0.25, -0.2) is 0 Å². The van der Waals surface area contributed by atoms with Gasteiger partial charge in [0.2, 0.25) is 0 Å². The van der Waals surface area contributed by atoms with Crippen LogP contribution in [0.3, 0.4) is 0 Å². The Bertz CT molecular complexity index is 3920. The normalized spacial score (nSPS) is 13.8. The Morgan fingerprint density at radius 1 is 0.403 bits per heavy atom. The van der Waals surface area contributed by atoms with Crippen LogP contribution in [0.15, 0.2) is 249 Å². The van der Waals surface area contributed by atoms with Crippen molar-refractivity contribution in [1.29, 1.82) is 0 Å². The number of rotatable bonds is 7. The number of benzene rings is 11. The van der Waals surface area contributed by atoms with Crippen LogP contribution < -0.4 is 5.32 Å². The quantitative estimate of drug-likeness (QED) is 0.169. The van der Waals surface area contributed by atoms with Gasteiger partial charge in [-0.1, -0.05) is 227 Å². The monoisotopic (exact) mass is 922 g/mol. The van der Waals surface area contributed by atoms with E-state index >= 15 is 0 Å². The lowest BCUT2D eigenvalue weighted by atomic mass is 9.81. The summed E-state index contributed by atoms with van der Waals surface area (Å²) in [4.78, 5) is 0. The van der Waals surface area contributed by atoms with Gasteiger partial charge >= 0.3 is 0 Å². The van der Waals surface area contributed by atoms with E-state index in [9.17, 15) is 0 Å². The van der Waals surface area contributed by atoms with Gasteiger partial charge in [-0.15, -0.1) is 0 Å². The summed E-state index contributed by atoms with van der Waals surface area (Å²) in [5.74, 6) is 0.417. The zero-order valence-electron chi connectivity index (χ0n) is 40.9. The molecule has 12 aromatic rings. The first-order chi connectivity index (χ1) is 35.5. The summed E-state index contributed by atoms with van der Waals surface area (Å²) in [6, 6.07) is 90.7. The summed E-state index contributed by atoms with van der Waals surface area (Å²) in [6.07, 6.45) is 1.09. The van der Waals surface area contributed by atoms with Gasteiger partial charge in [0.15, 0.2) is 0 Å². The van der Waals surface area contributed by atoms with E-state index < -0.39 is 0 Å². The molecule has 0 aliphatic heterocycles. The third-order valence-electron chi connectivity index (χ3n) is 15.6. The molecule has 1 N–H and O–H groups in total. The van der Waals surface area contributed by atoms with Crippen molar-refractivity contribution in [2.75, 3.05) is 5.32 Å². The second kappa shape index (κ2) is 17.6. The van der Waals surface area contributed by atoms with E-state index in [0.29, 0.717) is 5.92 Å². The van der Waals surface area contributed by atoms with Crippen molar-refractivity contribution in [3.05, 3.63) is 271 Å². The van der Waals surface area contributed by atoms with Gasteiger partial charge in [0.1, 0.15) is 0 Å². The van der Waals surface area contributed by atoms with Gasteiger partial charge in [0.25, 0.3) is 0 Å². The highest BCUT2D eigenvalue weighted by Gasteiger charge is 2.38. The molecule has 0 saturated heterocycles. The standard InChI is InChI=1S/C58H44N2.C12H10/c1-4-39-42-16-5-6-18-44(42)48-24-15-23-41(56(39)48)36-28-30-38(31-29-36)59-52-33-32-40(43-17-7-8-19-45(43)52)37-34-51-57(49-22-9-12-25-50(49)58(51,2)3)55(35-37)60-53-26-13-10-20-46(53)47-21-11-14-27-54(47)60;1-3-7-11(8-4-1)12-9-5-2-6-10-12/h5-35,39,59H,4H2,1-3H3;1-10H. The Morgan fingerprint density at radius 3 is 1.64 bits per heavy atom. The molecule has 72 heavy (non-hydrogen) atoms. The molecule has 14 rings (SSSR count). The Morgan fingerprint density at radius 2 is 0.958 bits per heavy atom. The molecule has 2 aliphatic carbocycles. The molecular weight excluding hydrogens is 869 g/mol. The first-order valence-corrected chi connectivity index (χ1v) is 25.5. The fourth-order valence-electron chi connectivity index (χ4n) is 12.2. The van der Waals surface area contributed by atoms with E-state index in [1.54, 1.807) is 0 Å². The number of para-hydroxylation sites is 2. The van der Waals surface area contributed by atoms with Crippen molar-refractivity contribution >= 4 is 44.0 Å². The van der Waals surface area contributed by atoms with Crippen LogP contribution in [-0.2, 0) is 5.41 Å². The van der Waals surface area contributed by atoms with Crippen LogP contribution in [0.25, 0.3) is 93.9 Å². The van der Waals surface area contributed by atoms with Gasteiger partial charge in [0.05, 0.1) is 16.7 Å². The molecule has 2 aliphatic rings. The van der Waals surface area contributed by atoms with Gasteiger partial charge in [0, 0.05) is 44.4 Å². The van der Waals surface area contributed by atoms with Gasteiger partial charge in [-0.05, 0) is 127 Å². The largest absolute Gasteiger partial charge is 0.355 e. The van der Waals surface area contributed by atoms with Gasteiger partial charge in [-0.3, -0.25) is 0 Å². The van der Waals surface area contributed by atoms with Crippen LogP contribution in [0.4, 0.5) is 11.4 Å². The maximum atomic E-state index is 3.83. The van der Waals surface area contributed by atoms with Crippen LogP contribution in [0.2, 0.25) is 0 Å². The molecule has 1 atom stereocenters. The van der Waals surface area contributed by atoms with E-state index in [-0.39, 0.29) is 5.41 Å². The summed E-state index contributed by atoms with van der Waals surface area (Å²) in [5, 5.41) is 8.80. The summed E-state index contributed by atoms with van der Waals surface area (Å²) >= 11 is 0. The van der Waals surface area contributed by atoms with Crippen molar-refractivity contribution in [3.63, 3.8) is 0 Å². The van der Waals surface area contributed by atoms with Gasteiger partial charge < -0.3 is 9.88 Å². The summed E-state index contributed by atoms with van der Waals surface area (Å²) in [6.45, 7) is 7.09. The molecule has 11 aromatic carbocycles. The molecule has 344 valence electrons. The lowest BCUT2D eigenvalue weighted by Crippen LogP contribution is -2.15. The minimum absolute atomic E-state index is 0.166. The van der Waals surface area contributed by atoms with E-state index in [2.05, 4.69) is 267 Å². The fourth-order valence-corrected chi connectivity index (χ4v) is 12.2. The van der Waals surface area contributed by atoms with Crippen molar-refractivity contribution in [2.24, 2.45) is 0 Å². The lowest BCUT2D eigenvalue weighted by molar-refractivity contribution is 0.660. The highest BCUT2D eigenvalue weighted by molar-refractivity contribution is 6.11. The molecule has 0 bridgehead atoms. The zero-order valence-corrected chi connectivity index (χ0v) is 40.9. The maximum Gasteiger partial charge on any atom is 0.0549 e. The molecular formula is C70H54N2. The van der Waals surface area contributed by atoms with Crippen molar-refractivity contribution in [2.45, 2.75) is 38.5 Å². The maximum absolute atomic E-state index is 3.83. The predicted octanol–water partition coefficient (Wildman–Crippen LogP) is 19.2. The molecule has 1 unspecified atom stereocenters. The Kier molecular flexibility index (Phi) is 10.6. The Labute approximate surface area is 422 Å². The summed E-state index contributed by atoms with van der Waals surface area (Å²) < 4.78 is 2.51. The molecule has 0 amide bonds. The summed E-state index contributed by atoms with van der Waals surface area (Å²) in [7, 11) is 0. The molecule has 1 heterocycles. The van der Waals surface area contributed by atoms with Crippen molar-refractivity contribution in [1.82, 2.24) is 4.57 Å². The van der Waals surface area contributed by atoms with Crippen LogP contribution in [0.1, 0.15) is 55.4 Å². The third-order valence-corrected chi connectivity index (χ3v) is 15.6. The summed E-state index contributed by atoms with van der Waals surface area (Å²) in [5.41, 5.74) is 24.3. The van der Waals surface area contributed by atoms with E-state index in [1.165, 1.54) is 116 Å². The second-order valence-electron chi connectivity index (χ2n) is 19.9. The minimum Gasteiger partial charge on any atom is -0.355 e. The number of hydrogen-bond donors (Lipinski definition) is 1.